The topological polar surface area (TPSA) is 119 Å². The number of anilines is 2. The van der Waals surface area contributed by atoms with Gasteiger partial charge in [-0.1, -0.05) is 19.6 Å². The van der Waals surface area contributed by atoms with Crippen LogP contribution in [0.25, 0.3) is 16.2 Å². The van der Waals surface area contributed by atoms with Crippen molar-refractivity contribution in [3.63, 3.8) is 0 Å². The van der Waals surface area contributed by atoms with Gasteiger partial charge in [-0.05, 0) is 30.3 Å². The lowest BCUT2D eigenvalue weighted by Gasteiger charge is -2.31. The summed E-state index contributed by atoms with van der Waals surface area (Å²) in [4.78, 5) is 34.8. The molecule has 1 fully saturated rings. The molecule has 33 heavy (non-hydrogen) atoms. The first kappa shape index (κ1) is 22.3. The van der Waals surface area contributed by atoms with E-state index in [1.807, 2.05) is 30.3 Å². The number of nitrogens with zero attached hydrogens (tertiary/aromatic N) is 4. The van der Waals surface area contributed by atoms with Gasteiger partial charge >= 0.3 is 5.69 Å². The molecule has 1 amide bonds. The largest absolute Gasteiger partial charge is 0.367 e. The highest BCUT2D eigenvalue weighted by atomic mass is 32.1. The van der Waals surface area contributed by atoms with E-state index in [1.165, 1.54) is 15.9 Å². The van der Waals surface area contributed by atoms with E-state index < -0.39 is 5.91 Å². The average molecular weight is 462 g/mol. The predicted octanol–water partition coefficient (Wildman–Crippen LogP) is 2.94. The number of piperazine rings is 1. The summed E-state index contributed by atoms with van der Waals surface area (Å²) < 4.78 is 1.46. The van der Waals surface area contributed by atoms with Gasteiger partial charge in [-0.25, -0.2) is 14.3 Å². The van der Waals surface area contributed by atoms with Gasteiger partial charge in [0.2, 0.25) is 0 Å². The molecule has 5 rings (SSSR count). The van der Waals surface area contributed by atoms with Crippen LogP contribution in [0, 0.1) is 11.3 Å². The van der Waals surface area contributed by atoms with Gasteiger partial charge in [0.25, 0.3) is 5.91 Å². The molecule has 2 aromatic carbocycles. The van der Waals surface area contributed by atoms with Crippen molar-refractivity contribution in [3.05, 3.63) is 69.6 Å². The fourth-order valence-electron chi connectivity index (χ4n) is 3.79. The molecule has 3 heterocycles. The van der Waals surface area contributed by atoms with E-state index in [1.54, 1.807) is 17.5 Å². The summed E-state index contributed by atoms with van der Waals surface area (Å²) in [7, 11) is 0. The van der Waals surface area contributed by atoms with Crippen molar-refractivity contribution in [1.82, 2.24) is 19.9 Å². The molecule has 9 nitrogen and oxygen atoms in total. The van der Waals surface area contributed by atoms with E-state index >= 15 is 0 Å². The van der Waals surface area contributed by atoms with Crippen LogP contribution in [0.15, 0.2) is 52.6 Å². The zero-order chi connectivity index (χ0) is 22.1. The minimum absolute atomic E-state index is 0. The van der Waals surface area contributed by atoms with Crippen LogP contribution in [-0.4, -0.2) is 46.6 Å². The number of benzene rings is 2. The summed E-state index contributed by atoms with van der Waals surface area (Å²) >= 11 is 1.22. The van der Waals surface area contributed by atoms with Crippen LogP contribution in [0.2, 0.25) is 0 Å². The minimum Gasteiger partial charge on any atom is -0.367 e. The molecule has 0 spiro atoms. The highest BCUT2D eigenvalue weighted by Crippen LogP contribution is 2.28. The summed E-state index contributed by atoms with van der Waals surface area (Å²) in [6, 6.07) is 14.7. The molecular weight excluding hydrogens is 438 g/mol. The Bertz CT molecular complexity index is 1410. The number of para-hydroxylation sites is 2. The molecule has 1 aliphatic heterocycles. The molecule has 168 valence electrons. The second kappa shape index (κ2) is 9.28. The van der Waals surface area contributed by atoms with Crippen molar-refractivity contribution in [3.8, 4) is 11.2 Å². The van der Waals surface area contributed by atoms with Crippen LogP contribution in [0.3, 0.4) is 0 Å². The second-order valence-corrected chi connectivity index (χ2v) is 8.17. The molecule has 3 N–H and O–H groups in total. The standard InChI is InChI=1S/C22H19N7O2S.CH4/c23-12-14-5-6-18(28-9-7-24-8-10-28)16(11-14)25-20(30)17-13-32-22(27-17)29-19-4-2-1-3-15(19)26-21(29)31;/h1-6,11,13,24H,7-10H2,(H,25,30)(H,26,31);1H4. The minimum atomic E-state index is -0.396. The van der Waals surface area contributed by atoms with Gasteiger partial charge in [-0.15, -0.1) is 11.3 Å². The zero-order valence-electron chi connectivity index (χ0n) is 17.0. The number of rotatable bonds is 4. The number of aromatic nitrogens is 3. The maximum Gasteiger partial charge on any atom is 0.332 e. The van der Waals surface area contributed by atoms with Crippen molar-refractivity contribution in [1.29, 1.82) is 5.26 Å². The van der Waals surface area contributed by atoms with E-state index in [2.05, 4.69) is 31.6 Å². The molecular formula is C23H23N7O2S. The summed E-state index contributed by atoms with van der Waals surface area (Å²) in [5.74, 6) is -0.396. The maximum absolute atomic E-state index is 13.0. The van der Waals surface area contributed by atoms with Gasteiger partial charge in [0.15, 0.2) is 5.13 Å². The number of fused-ring (bicyclic) bond motifs is 1. The third kappa shape index (κ3) is 4.24. The lowest BCUT2D eigenvalue weighted by Crippen LogP contribution is -2.43. The molecule has 0 unspecified atom stereocenters. The third-order valence-corrected chi connectivity index (χ3v) is 6.16. The number of hydrogen-bond acceptors (Lipinski definition) is 7. The summed E-state index contributed by atoms with van der Waals surface area (Å²) in [5, 5.41) is 17.5. The molecule has 0 bridgehead atoms. The van der Waals surface area contributed by atoms with Gasteiger partial charge < -0.3 is 20.5 Å². The lowest BCUT2D eigenvalue weighted by molar-refractivity contribution is 0.102. The quantitative estimate of drug-likeness (QED) is 0.430. The Hall–Kier alpha value is -3.94. The van der Waals surface area contributed by atoms with Crippen LogP contribution >= 0.6 is 11.3 Å². The van der Waals surface area contributed by atoms with Gasteiger partial charge in [0.1, 0.15) is 5.69 Å². The van der Waals surface area contributed by atoms with Gasteiger partial charge in [0.05, 0.1) is 34.0 Å². The van der Waals surface area contributed by atoms with Crippen molar-refractivity contribution in [2.24, 2.45) is 0 Å². The van der Waals surface area contributed by atoms with Crippen LogP contribution in [0.1, 0.15) is 23.5 Å². The van der Waals surface area contributed by atoms with Crippen molar-refractivity contribution in [2.45, 2.75) is 7.43 Å². The predicted molar refractivity (Wildman–Crippen MR) is 130 cm³/mol. The van der Waals surface area contributed by atoms with Crippen LogP contribution < -0.4 is 21.2 Å². The normalized spacial score (nSPS) is 13.4. The number of hydrogen-bond donors (Lipinski definition) is 3. The van der Waals surface area contributed by atoms with Crippen LogP contribution in [-0.2, 0) is 0 Å². The second-order valence-electron chi connectivity index (χ2n) is 7.33. The van der Waals surface area contributed by atoms with Crippen molar-refractivity contribution >= 4 is 39.7 Å². The Morgan fingerprint density at radius 3 is 2.76 bits per heavy atom. The number of nitriles is 1. The third-order valence-electron chi connectivity index (χ3n) is 5.34. The number of carbonyl (C=O) groups excluding carboxylic acids is 1. The molecule has 0 radical (unpaired) electrons. The first-order valence-corrected chi connectivity index (χ1v) is 11.0. The molecule has 2 aromatic heterocycles. The Labute approximate surface area is 194 Å². The molecule has 0 saturated carbocycles. The Balaban J connectivity index is 0.00000259. The van der Waals surface area contributed by atoms with Crippen molar-refractivity contribution < 1.29 is 4.79 Å². The maximum atomic E-state index is 13.0. The first-order valence-electron chi connectivity index (χ1n) is 10.1. The van der Waals surface area contributed by atoms with Gasteiger partial charge in [-0.2, -0.15) is 5.26 Å². The summed E-state index contributed by atoms with van der Waals surface area (Å²) in [5.41, 5.74) is 3.18. The lowest BCUT2D eigenvalue weighted by atomic mass is 10.1. The Kier molecular flexibility index (Phi) is 6.26. The Morgan fingerprint density at radius 1 is 1.18 bits per heavy atom. The summed E-state index contributed by atoms with van der Waals surface area (Å²) in [6.07, 6.45) is 0. The summed E-state index contributed by atoms with van der Waals surface area (Å²) in [6.45, 7) is 3.31. The number of thiazole rings is 1. The molecule has 1 saturated heterocycles. The molecule has 10 heteroatoms. The highest BCUT2D eigenvalue weighted by Gasteiger charge is 2.19. The van der Waals surface area contributed by atoms with Crippen LogP contribution in [0.4, 0.5) is 11.4 Å². The van der Waals surface area contributed by atoms with E-state index in [4.69, 9.17) is 0 Å². The first-order chi connectivity index (χ1) is 15.6. The fourth-order valence-corrected chi connectivity index (χ4v) is 4.60. The fraction of sp³-hybridized carbons (Fsp3) is 0.217. The highest BCUT2D eigenvalue weighted by molar-refractivity contribution is 7.12. The number of H-pyrrole nitrogens is 1. The van der Waals surface area contributed by atoms with E-state index in [-0.39, 0.29) is 18.8 Å². The monoisotopic (exact) mass is 461 g/mol. The van der Waals surface area contributed by atoms with Crippen molar-refractivity contribution in [2.75, 3.05) is 36.4 Å². The van der Waals surface area contributed by atoms with Gasteiger partial charge in [-0.3, -0.25) is 4.79 Å². The average Bonchev–Trinajstić information content (AvgIpc) is 3.43. The number of nitrogens with one attached hydrogen (secondary N) is 3. The number of amides is 1. The van der Waals surface area contributed by atoms with E-state index in [9.17, 15) is 14.9 Å². The SMILES string of the molecule is C.N#Cc1ccc(N2CCNCC2)c(NC(=O)c2csc(-n3c(=O)[nH]c4ccccc43)n2)c1. The molecule has 0 aliphatic carbocycles. The number of aromatic amines is 1. The number of imidazole rings is 1. The van der Waals surface area contributed by atoms with Gasteiger partial charge in [0, 0.05) is 31.6 Å². The molecule has 4 aromatic rings. The smallest absolute Gasteiger partial charge is 0.332 e. The molecule has 0 atom stereocenters. The number of carbonyl (C=O) groups is 1. The molecule has 1 aliphatic rings. The van der Waals surface area contributed by atoms with Crippen LogP contribution in [0.5, 0.6) is 0 Å². The zero-order valence-corrected chi connectivity index (χ0v) is 17.8. The van der Waals surface area contributed by atoms with E-state index in [0.29, 0.717) is 27.4 Å². The Morgan fingerprint density at radius 2 is 1.97 bits per heavy atom. The van der Waals surface area contributed by atoms with E-state index in [0.717, 1.165) is 31.9 Å².